The van der Waals surface area contributed by atoms with Crippen LogP contribution in [0, 0.1) is 11.8 Å². The molecule has 8 rings (SSSR count). The van der Waals surface area contributed by atoms with E-state index in [0.717, 1.165) is 19.3 Å². The van der Waals surface area contributed by atoms with Crippen molar-refractivity contribution in [2.75, 3.05) is 20.3 Å². The minimum atomic E-state index is -4.08. The Balaban J connectivity index is 1.18. The van der Waals surface area contributed by atoms with Crippen molar-refractivity contribution in [3.05, 3.63) is 41.6 Å². The Labute approximate surface area is 342 Å². The molecule has 4 amide bonds. The monoisotopic (exact) mass is 841 g/mol. The van der Waals surface area contributed by atoms with Crippen molar-refractivity contribution >= 4 is 44.7 Å². The van der Waals surface area contributed by atoms with Crippen molar-refractivity contribution < 1.29 is 50.6 Å². The predicted molar refractivity (Wildman–Crippen MR) is 211 cm³/mol. The second-order valence-corrected chi connectivity index (χ2v) is 20.3. The van der Waals surface area contributed by atoms with Crippen molar-refractivity contribution in [3.63, 3.8) is 0 Å². The van der Waals surface area contributed by atoms with Gasteiger partial charge >= 0.3 is 6.09 Å². The number of nitrogens with zero attached hydrogens (tertiary/aromatic N) is 2. The van der Waals surface area contributed by atoms with Gasteiger partial charge in [-0.15, -0.1) is 0 Å². The summed E-state index contributed by atoms with van der Waals surface area (Å²) in [5.74, 6) is -6.28. The Morgan fingerprint density at radius 3 is 2.56 bits per heavy atom. The van der Waals surface area contributed by atoms with Crippen molar-refractivity contribution in [3.8, 4) is 11.5 Å². The average molecular weight is 842 g/mol. The fourth-order valence-corrected chi connectivity index (χ4v) is 10.1. The zero-order valence-corrected chi connectivity index (χ0v) is 34.7. The van der Waals surface area contributed by atoms with E-state index in [9.17, 15) is 27.6 Å². The quantitative estimate of drug-likeness (QED) is 0.288. The molecule has 320 valence electrons. The van der Waals surface area contributed by atoms with Gasteiger partial charge in [-0.3, -0.25) is 19.1 Å². The van der Waals surface area contributed by atoms with Gasteiger partial charge in [0, 0.05) is 23.6 Å². The molecular weight excluding hydrogens is 789 g/mol. The number of sulfonamides is 1. The molecule has 17 heteroatoms. The molecule has 1 aromatic carbocycles. The number of hydrogen-bond donors (Lipinski definition) is 3. The molecule has 3 saturated carbocycles. The number of aromatic nitrogens is 1. The van der Waals surface area contributed by atoms with Gasteiger partial charge in [0.2, 0.25) is 21.8 Å². The van der Waals surface area contributed by atoms with Gasteiger partial charge in [0.25, 0.3) is 11.8 Å². The number of ether oxygens (including phenoxy) is 3. The highest BCUT2D eigenvalue weighted by atomic mass is 32.2. The van der Waals surface area contributed by atoms with Crippen molar-refractivity contribution in [2.24, 2.45) is 11.8 Å². The van der Waals surface area contributed by atoms with Crippen molar-refractivity contribution in [2.45, 2.75) is 138 Å². The molecule has 1 saturated heterocycles. The maximum atomic E-state index is 17.1. The summed E-state index contributed by atoms with van der Waals surface area (Å²) in [4.78, 5) is 62.5. The molecule has 6 aliphatic rings. The van der Waals surface area contributed by atoms with Gasteiger partial charge in [-0.05, 0) is 82.4 Å². The number of halogens is 2. The van der Waals surface area contributed by atoms with Gasteiger partial charge in [0.15, 0.2) is 5.75 Å². The number of allylic oxidation sites excluding steroid dienone is 1. The molecule has 59 heavy (non-hydrogen) atoms. The molecule has 1 spiro atoms. The van der Waals surface area contributed by atoms with Crippen LogP contribution in [-0.4, -0.2) is 90.3 Å². The second-order valence-electron chi connectivity index (χ2n) is 18.1. The number of rotatable bonds is 8. The van der Waals surface area contributed by atoms with Gasteiger partial charge in [-0.2, -0.15) is 0 Å². The van der Waals surface area contributed by atoms with E-state index in [0.29, 0.717) is 49.1 Å². The zero-order valence-electron chi connectivity index (χ0n) is 33.9. The van der Waals surface area contributed by atoms with Crippen molar-refractivity contribution in [1.82, 2.24) is 25.2 Å². The molecule has 5 atom stereocenters. The highest BCUT2D eigenvalue weighted by Crippen LogP contribution is 2.58. The molecule has 3 N–H and O–H groups in total. The molecular formula is C42H53F2N5O9S. The third-order valence-corrected chi connectivity index (χ3v) is 15.0. The number of pyridine rings is 1. The summed E-state index contributed by atoms with van der Waals surface area (Å²) in [5, 5.41) is 5.66. The standard InChI is InChI=1S/C42H53F2N5O9S/c1-24(2)21-57-38(53)46-30-11-9-7-5-6-8-10-26-19-41(26,37(52)48-59(54,55)39(3)16-17-39)47-35(50)31-20-40(23-49(31)36(30)51)22-42(43,44)32-28-18-27(56-4)14-15-29(28)45-33(25-12-13-25)34(32)58-40/h8,10,14-15,18,24-26,30-31H,5-7,9,11-13,16-17,19-23H2,1-4H3,(H,46,53)(H,47,50)(H,48,52)/b10-8-/t26-,30+,31+,40+,41-/m1/s1. The second kappa shape index (κ2) is 14.9. The normalized spacial score (nSPS) is 30.4. The molecule has 14 nitrogen and oxygen atoms in total. The first kappa shape index (κ1) is 41.2. The van der Waals surface area contributed by atoms with Crippen LogP contribution < -0.4 is 24.8 Å². The van der Waals surface area contributed by atoms with Gasteiger partial charge < -0.3 is 29.7 Å². The summed E-state index contributed by atoms with van der Waals surface area (Å²) >= 11 is 0. The topological polar surface area (TPSA) is 182 Å². The van der Waals surface area contributed by atoms with Crippen molar-refractivity contribution in [1.29, 1.82) is 0 Å². The lowest BCUT2D eigenvalue weighted by molar-refractivity contribution is -0.141. The summed E-state index contributed by atoms with van der Waals surface area (Å²) in [6.45, 7) is 4.94. The Hall–Kier alpha value is -4.54. The van der Waals surface area contributed by atoms with E-state index < -0.39 is 86.6 Å². The number of alkyl halides is 2. The molecule has 0 unspecified atom stereocenters. The van der Waals surface area contributed by atoms with E-state index in [1.807, 2.05) is 19.9 Å². The maximum Gasteiger partial charge on any atom is 0.407 e. The summed E-state index contributed by atoms with van der Waals surface area (Å²) in [7, 11) is -2.64. The molecule has 1 aromatic heterocycles. The fraction of sp³-hybridized carbons (Fsp3) is 0.643. The molecule has 4 heterocycles. The zero-order chi connectivity index (χ0) is 42.1. The minimum Gasteiger partial charge on any atom is -0.497 e. The Morgan fingerprint density at radius 2 is 1.86 bits per heavy atom. The summed E-state index contributed by atoms with van der Waals surface area (Å²) in [5.41, 5.74) is -3.03. The lowest BCUT2D eigenvalue weighted by atomic mass is 9.84. The Morgan fingerprint density at radius 1 is 1.10 bits per heavy atom. The number of fused-ring (bicyclic) bond motifs is 5. The van der Waals surface area contributed by atoms with E-state index in [1.165, 1.54) is 18.1 Å². The molecule has 0 bridgehead atoms. The van der Waals surface area contributed by atoms with Gasteiger partial charge in [-0.1, -0.05) is 38.8 Å². The molecule has 2 aromatic rings. The highest BCUT2D eigenvalue weighted by molar-refractivity contribution is 7.91. The first-order valence-electron chi connectivity index (χ1n) is 20.8. The number of hydrogen-bond acceptors (Lipinski definition) is 10. The first-order valence-corrected chi connectivity index (χ1v) is 22.3. The van der Waals surface area contributed by atoms with Crippen LogP contribution in [0.2, 0.25) is 0 Å². The lowest BCUT2D eigenvalue weighted by Crippen LogP contribution is -2.58. The number of methoxy groups -OCH3 is 1. The SMILES string of the molecule is COc1ccc2nc(C3CC3)c3c(c2c1)C(F)(F)C[C@]1(C[C@H]2C(=O)N[C@]4(C(=O)NS(=O)(=O)C5(C)CC5)C[C@H]4/C=C\CCCCC[C@H](NC(=O)OCC(C)C)C(=O)N2C1)O3. The molecule has 0 radical (unpaired) electrons. The smallest absolute Gasteiger partial charge is 0.407 e. The maximum absolute atomic E-state index is 17.1. The number of nitrogens with one attached hydrogen (secondary N) is 3. The number of amides is 4. The van der Waals surface area contributed by atoms with Crippen LogP contribution in [0.25, 0.3) is 10.9 Å². The lowest BCUT2D eigenvalue weighted by Gasteiger charge is -2.40. The summed E-state index contributed by atoms with van der Waals surface area (Å²) < 4.78 is 79.2. The van der Waals surface area contributed by atoms with Crippen LogP contribution in [-0.2, 0) is 35.1 Å². The van der Waals surface area contributed by atoms with Gasteiger partial charge in [0.05, 0.1) is 48.2 Å². The number of benzene rings is 1. The van der Waals surface area contributed by atoms with E-state index >= 15 is 8.78 Å². The largest absolute Gasteiger partial charge is 0.497 e. The van der Waals surface area contributed by atoms with Crippen LogP contribution in [0.15, 0.2) is 30.4 Å². The summed E-state index contributed by atoms with van der Waals surface area (Å²) in [6, 6.07) is 2.19. The highest BCUT2D eigenvalue weighted by Gasteiger charge is 2.65. The van der Waals surface area contributed by atoms with Crippen LogP contribution in [0.1, 0.15) is 115 Å². The molecule has 4 fully saturated rings. The number of carbonyl (C=O) groups is 4. The first-order chi connectivity index (χ1) is 27.9. The number of alkyl carbamates (subject to hydrolysis) is 1. The number of carbonyl (C=O) groups excluding carboxylic acids is 4. The van der Waals surface area contributed by atoms with Crippen LogP contribution in [0.5, 0.6) is 11.5 Å². The predicted octanol–water partition coefficient (Wildman–Crippen LogP) is 5.48. The summed E-state index contributed by atoms with van der Waals surface area (Å²) in [6.07, 6.45) is 6.66. The van der Waals surface area contributed by atoms with E-state index in [1.54, 1.807) is 25.1 Å². The molecule has 3 aliphatic carbocycles. The van der Waals surface area contributed by atoms with Crippen LogP contribution in [0.4, 0.5) is 13.6 Å². The average Bonchev–Trinajstić information content (AvgIpc) is 4.11. The van der Waals surface area contributed by atoms with E-state index in [2.05, 4.69) is 15.4 Å². The Kier molecular flexibility index (Phi) is 10.4. The van der Waals surface area contributed by atoms with Crippen LogP contribution >= 0.6 is 0 Å². The van der Waals surface area contributed by atoms with Gasteiger partial charge in [0.1, 0.15) is 29.0 Å². The fourth-order valence-electron chi connectivity index (χ4n) is 8.83. The van der Waals surface area contributed by atoms with E-state index in [4.69, 9.17) is 19.2 Å². The molecule has 3 aliphatic heterocycles. The van der Waals surface area contributed by atoms with Gasteiger partial charge in [-0.25, -0.2) is 27.0 Å². The minimum absolute atomic E-state index is 0.0167. The van der Waals surface area contributed by atoms with Crippen LogP contribution in [0.3, 0.4) is 0 Å². The van der Waals surface area contributed by atoms with E-state index in [-0.39, 0.29) is 54.4 Å². The third-order valence-electron chi connectivity index (χ3n) is 12.8. The third kappa shape index (κ3) is 7.83. The Bertz CT molecular complexity index is 2210.